The van der Waals surface area contributed by atoms with Gasteiger partial charge in [0.05, 0.1) is 56.0 Å². The molecule has 254 valence electrons. The molecule has 0 atom stereocenters. The van der Waals surface area contributed by atoms with Gasteiger partial charge in [0.15, 0.2) is 0 Å². The van der Waals surface area contributed by atoms with Crippen molar-refractivity contribution in [3.8, 4) is 40.3 Å². The van der Waals surface area contributed by atoms with E-state index in [4.69, 9.17) is 0 Å². The largest absolute Gasteiger partial charge is 0.309 e. The zero-order valence-corrected chi connectivity index (χ0v) is 29.5. The molecule has 5 heteroatoms. The van der Waals surface area contributed by atoms with E-state index in [9.17, 15) is 10.5 Å². The maximum absolute atomic E-state index is 10.6. The van der Waals surface area contributed by atoms with Gasteiger partial charge in [-0.25, -0.2) is 0 Å². The van der Waals surface area contributed by atoms with Crippen molar-refractivity contribution in [2.24, 2.45) is 0 Å². The molecule has 11 rings (SSSR count). The topological polar surface area (TPSA) is 62.4 Å². The number of aromatic nitrogens is 3. The predicted octanol–water partition coefficient (Wildman–Crippen LogP) is 12.4. The molecule has 11 aromatic rings. The van der Waals surface area contributed by atoms with Crippen LogP contribution in [0.1, 0.15) is 11.1 Å². The molecule has 55 heavy (non-hydrogen) atoms. The number of nitrogens with zero attached hydrogens (tertiary/aromatic N) is 5. The van der Waals surface area contributed by atoms with E-state index >= 15 is 0 Å². The minimum atomic E-state index is 0.556. The first-order valence-corrected chi connectivity index (χ1v) is 18.3. The molecule has 0 aliphatic heterocycles. The Morgan fingerprint density at radius 1 is 0.345 bits per heavy atom. The summed E-state index contributed by atoms with van der Waals surface area (Å²) in [5.41, 5.74) is 12.4. The molecular weight excluding hydrogens is 671 g/mol. The Balaban J connectivity index is 1.17. The summed E-state index contributed by atoms with van der Waals surface area (Å²) in [5, 5.41) is 27.4. The maximum atomic E-state index is 10.6. The van der Waals surface area contributed by atoms with E-state index < -0.39 is 0 Å². The van der Waals surface area contributed by atoms with E-state index in [1.807, 2.05) is 42.5 Å². The summed E-state index contributed by atoms with van der Waals surface area (Å²) in [7, 11) is 0. The van der Waals surface area contributed by atoms with Gasteiger partial charge in [-0.1, -0.05) is 109 Å². The molecule has 0 fully saturated rings. The first-order chi connectivity index (χ1) is 27.2. The Morgan fingerprint density at radius 2 is 0.836 bits per heavy atom. The third-order valence-electron chi connectivity index (χ3n) is 11.1. The molecule has 0 aliphatic rings. The normalized spacial score (nSPS) is 11.6. The summed E-state index contributed by atoms with van der Waals surface area (Å²) in [5.74, 6) is 0. The van der Waals surface area contributed by atoms with Crippen molar-refractivity contribution >= 4 is 65.4 Å². The lowest BCUT2D eigenvalue weighted by atomic mass is 9.99. The van der Waals surface area contributed by atoms with Crippen LogP contribution >= 0.6 is 0 Å². The van der Waals surface area contributed by atoms with E-state index in [2.05, 4.69) is 159 Å². The van der Waals surface area contributed by atoms with E-state index in [1.165, 1.54) is 32.6 Å². The molecule has 5 nitrogen and oxygen atoms in total. The van der Waals surface area contributed by atoms with E-state index in [0.717, 1.165) is 61.0 Å². The fourth-order valence-electron chi connectivity index (χ4n) is 8.78. The molecule has 0 radical (unpaired) electrons. The minimum absolute atomic E-state index is 0.556. The molecule has 3 aromatic heterocycles. The quantitative estimate of drug-likeness (QED) is 0.184. The van der Waals surface area contributed by atoms with Gasteiger partial charge in [-0.05, 0) is 72.3 Å². The standard InChI is InChI=1S/C50H29N5/c51-30-32-23-25-42-41-17-4-8-22-47(41)55(48(42)27-32)50-34(31-52)12-10-18-37(50)33-11-9-13-35(28-33)54-46-21-7-3-16-40(46)43-26-24-36(29-49(43)54)53-44-19-5-1-14-38(44)39-15-2-6-20-45(39)53/h1-29H. The highest BCUT2D eigenvalue weighted by molar-refractivity contribution is 6.13. The summed E-state index contributed by atoms with van der Waals surface area (Å²) < 4.78 is 6.88. The number of rotatable bonds is 4. The highest BCUT2D eigenvalue weighted by Gasteiger charge is 2.21. The van der Waals surface area contributed by atoms with Gasteiger partial charge < -0.3 is 13.7 Å². The smallest absolute Gasteiger partial charge is 0.101 e. The number of benzene rings is 8. The first kappa shape index (κ1) is 30.7. The van der Waals surface area contributed by atoms with E-state index in [1.54, 1.807) is 0 Å². The molecule has 0 spiro atoms. The second-order valence-electron chi connectivity index (χ2n) is 14.0. The second-order valence-corrected chi connectivity index (χ2v) is 14.0. The molecule has 0 unspecified atom stereocenters. The van der Waals surface area contributed by atoms with Gasteiger partial charge in [-0.3, -0.25) is 0 Å². The van der Waals surface area contributed by atoms with Crippen LogP contribution in [0.2, 0.25) is 0 Å². The third-order valence-corrected chi connectivity index (χ3v) is 11.1. The Morgan fingerprint density at radius 3 is 1.44 bits per heavy atom. The Kier molecular flexibility index (Phi) is 6.61. The van der Waals surface area contributed by atoms with Crippen LogP contribution in [0.4, 0.5) is 0 Å². The zero-order chi connectivity index (χ0) is 36.6. The van der Waals surface area contributed by atoms with Crippen LogP contribution in [-0.2, 0) is 0 Å². The van der Waals surface area contributed by atoms with Gasteiger partial charge in [-0.15, -0.1) is 0 Å². The average molecular weight is 700 g/mol. The molecule has 0 aliphatic carbocycles. The van der Waals surface area contributed by atoms with Gasteiger partial charge in [-0.2, -0.15) is 10.5 Å². The maximum Gasteiger partial charge on any atom is 0.101 e. The second kappa shape index (κ2) is 11.8. The fraction of sp³-hybridized carbons (Fsp3) is 0. The first-order valence-electron chi connectivity index (χ1n) is 18.3. The number of hydrogen-bond acceptors (Lipinski definition) is 2. The number of nitriles is 2. The van der Waals surface area contributed by atoms with Gasteiger partial charge in [0, 0.05) is 49.3 Å². The van der Waals surface area contributed by atoms with E-state index in [0.29, 0.717) is 11.1 Å². The average Bonchev–Trinajstić information content (AvgIpc) is 3.88. The van der Waals surface area contributed by atoms with Crippen LogP contribution in [-0.4, -0.2) is 13.7 Å². The van der Waals surface area contributed by atoms with Crippen molar-refractivity contribution in [2.45, 2.75) is 0 Å². The van der Waals surface area contributed by atoms with Crippen molar-refractivity contribution < 1.29 is 0 Å². The van der Waals surface area contributed by atoms with Gasteiger partial charge >= 0.3 is 0 Å². The van der Waals surface area contributed by atoms with E-state index in [-0.39, 0.29) is 0 Å². The van der Waals surface area contributed by atoms with Crippen LogP contribution in [0.15, 0.2) is 176 Å². The molecule has 3 heterocycles. The molecule has 0 N–H and O–H groups in total. The summed E-state index contributed by atoms with van der Waals surface area (Å²) in [6.45, 7) is 0. The summed E-state index contributed by atoms with van der Waals surface area (Å²) in [6, 6.07) is 66.0. The monoisotopic (exact) mass is 699 g/mol. The number of fused-ring (bicyclic) bond motifs is 9. The fourth-order valence-corrected chi connectivity index (χ4v) is 8.78. The molecule has 0 bridgehead atoms. The van der Waals surface area contributed by atoms with Crippen molar-refractivity contribution in [3.05, 3.63) is 187 Å². The summed E-state index contributed by atoms with van der Waals surface area (Å²) in [4.78, 5) is 0. The summed E-state index contributed by atoms with van der Waals surface area (Å²) in [6.07, 6.45) is 0. The number of para-hydroxylation sites is 5. The summed E-state index contributed by atoms with van der Waals surface area (Å²) >= 11 is 0. The van der Waals surface area contributed by atoms with Crippen LogP contribution < -0.4 is 0 Å². The van der Waals surface area contributed by atoms with Crippen LogP contribution in [0.3, 0.4) is 0 Å². The Labute approximate surface area is 316 Å². The van der Waals surface area contributed by atoms with Gasteiger partial charge in [0.1, 0.15) is 6.07 Å². The predicted molar refractivity (Wildman–Crippen MR) is 224 cm³/mol. The van der Waals surface area contributed by atoms with Crippen molar-refractivity contribution in [1.29, 1.82) is 10.5 Å². The molecular formula is C50H29N5. The lowest BCUT2D eigenvalue weighted by Crippen LogP contribution is -2.02. The molecule has 8 aromatic carbocycles. The van der Waals surface area contributed by atoms with Crippen LogP contribution in [0.25, 0.3) is 93.6 Å². The highest BCUT2D eigenvalue weighted by Crippen LogP contribution is 2.41. The molecule has 0 amide bonds. The lowest BCUT2D eigenvalue weighted by Gasteiger charge is -2.17. The minimum Gasteiger partial charge on any atom is -0.309 e. The van der Waals surface area contributed by atoms with Gasteiger partial charge in [0.2, 0.25) is 0 Å². The lowest BCUT2D eigenvalue weighted by molar-refractivity contribution is 1.15. The zero-order valence-electron chi connectivity index (χ0n) is 29.5. The van der Waals surface area contributed by atoms with Gasteiger partial charge in [0.25, 0.3) is 0 Å². The van der Waals surface area contributed by atoms with Crippen molar-refractivity contribution in [2.75, 3.05) is 0 Å². The van der Waals surface area contributed by atoms with Crippen molar-refractivity contribution in [1.82, 2.24) is 13.7 Å². The van der Waals surface area contributed by atoms with Crippen molar-refractivity contribution in [3.63, 3.8) is 0 Å². The SMILES string of the molecule is N#Cc1ccc2c3ccccc3n(-c3c(C#N)cccc3-c3cccc(-n4c5ccccc5c5ccc(-n6c7ccccc7c7ccccc76)cc54)c3)c2c1. The Bertz CT molecular complexity index is 3420. The molecule has 0 saturated carbocycles. The highest BCUT2D eigenvalue weighted by atomic mass is 15.0. The van der Waals surface area contributed by atoms with Crippen LogP contribution in [0.5, 0.6) is 0 Å². The number of hydrogen-bond donors (Lipinski definition) is 0. The molecule has 0 saturated heterocycles. The van der Waals surface area contributed by atoms with Crippen LogP contribution in [0, 0.1) is 22.7 Å². The Hall–Kier alpha value is -7.86. The third kappa shape index (κ3) is 4.45.